The molecule has 2 aromatic rings. The SMILES string of the molecule is Cc1cc(F)cc(C)c1S(=O)(=O)Nc1ccc(O)cc1. The molecule has 0 aliphatic rings. The summed E-state index contributed by atoms with van der Waals surface area (Å²) in [5.41, 5.74) is 1.01. The molecule has 0 radical (unpaired) electrons. The van der Waals surface area contributed by atoms with Crippen LogP contribution in [0.5, 0.6) is 5.75 Å². The zero-order valence-corrected chi connectivity index (χ0v) is 11.8. The standard InChI is InChI=1S/C14H14FNO3S/c1-9-7-11(15)8-10(2)14(9)20(18,19)16-12-3-5-13(17)6-4-12/h3-8,16-17H,1-2H3. The van der Waals surface area contributed by atoms with Gasteiger partial charge in [-0.25, -0.2) is 12.8 Å². The summed E-state index contributed by atoms with van der Waals surface area (Å²) in [4.78, 5) is 0.0620. The summed E-state index contributed by atoms with van der Waals surface area (Å²) in [5.74, 6) is -0.425. The molecule has 0 spiro atoms. The van der Waals surface area contributed by atoms with Gasteiger partial charge >= 0.3 is 0 Å². The maximum Gasteiger partial charge on any atom is 0.262 e. The largest absolute Gasteiger partial charge is 0.508 e. The number of sulfonamides is 1. The van der Waals surface area contributed by atoms with Crippen molar-refractivity contribution < 1.29 is 17.9 Å². The van der Waals surface area contributed by atoms with E-state index in [0.717, 1.165) is 0 Å². The Morgan fingerprint density at radius 2 is 1.55 bits per heavy atom. The first-order valence-corrected chi connectivity index (χ1v) is 7.36. The van der Waals surface area contributed by atoms with Crippen LogP contribution in [0.1, 0.15) is 11.1 Å². The predicted octanol–water partition coefficient (Wildman–Crippen LogP) is 2.95. The molecule has 0 heterocycles. The zero-order valence-electron chi connectivity index (χ0n) is 11.0. The highest BCUT2D eigenvalue weighted by atomic mass is 32.2. The van der Waals surface area contributed by atoms with Gasteiger partial charge in [0.2, 0.25) is 0 Å². The van der Waals surface area contributed by atoms with E-state index in [1.807, 2.05) is 0 Å². The highest BCUT2D eigenvalue weighted by Crippen LogP contribution is 2.24. The van der Waals surface area contributed by atoms with E-state index in [4.69, 9.17) is 0 Å². The molecule has 106 valence electrons. The number of anilines is 1. The van der Waals surface area contributed by atoms with E-state index in [-0.39, 0.29) is 10.6 Å². The Morgan fingerprint density at radius 3 is 2.05 bits per heavy atom. The van der Waals surface area contributed by atoms with Crippen LogP contribution >= 0.6 is 0 Å². The van der Waals surface area contributed by atoms with Crippen LogP contribution in [-0.4, -0.2) is 13.5 Å². The van der Waals surface area contributed by atoms with Gasteiger partial charge in [-0.15, -0.1) is 0 Å². The van der Waals surface area contributed by atoms with Crippen molar-refractivity contribution in [3.8, 4) is 5.75 Å². The fourth-order valence-corrected chi connectivity index (χ4v) is 3.57. The van der Waals surface area contributed by atoms with Crippen molar-refractivity contribution in [1.82, 2.24) is 0 Å². The highest BCUT2D eigenvalue weighted by molar-refractivity contribution is 7.92. The molecule has 0 fully saturated rings. The van der Waals surface area contributed by atoms with Crippen LogP contribution in [0.25, 0.3) is 0 Å². The topological polar surface area (TPSA) is 66.4 Å². The number of phenolic OH excluding ortho intramolecular Hbond substituents is 1. The van der Waals surface area contributed by atoms with Crippen molar-refractivity contribution in [3.05, 3.63) is 53.3 Å². The maximum absolute atomic E-state index is 13.2. The van der Waals surface area contributed by atoms with Crippen LogP contribution < -0.4 is 4.72 Å². The number of hydrogen-bond donors (Lipinski definition) is 2. The molecule has 0 aromatic heterocycles. The summed E-state index contributed by atoms with van der Waals surface area (Å²) in [6, 6.07) is 8.00. The highest BCUT2D eigenvalue weighted by Gasteiger charge is 2.20. The molecule has 0 bridgehead atoms. The number of phenols is 1. The van der Waals surface area contributed by atoms with Gasteiger partial charge in [0.1, 0.15) is 11.6 Å². The number of rotatable bonds is 3. The molecule has 2 aromatic carbocycles. The molecule has 4 nitrogen and oxygen atoms in total. The Labute approximate surface area is 116 Å². The summed E-state index contributed by atoms with van der Waals surface area (Å²) in [7, 11) is -3.80. The molecular formula is C14H14FNO3S. The monoisotopic (exact) mass is 295 g/mol. The van der Waals surface area contributed by atoms with Crippen LogP contribution in [0.4, 0.5) is 10.1 Å². The van der Waals surface area contributed by atoms with Gasteiger partial charge in [0.05, 0.1) is 4.90 Å². The average molecular weight is 295 g/mol. The third kappa shape index (κ3) is 2.91. The van der Waals surface area contributed by atoms with Crippen LogP contribution in [0.2, 0.25) is 0 Å². The number of nitrogens with one attached hydrogen (secondary N) is 1. The van der Waals surface area contributed by atoms with Crippen LogP contribution in [0.15, 0.2) is 41.3 Å². The Balaban J connectivity index is 2.43. The number of aromatic hydroxyl groups is 1. The first-order chi connectivity index (χ1) is 9.29. The van der Waals surface area contributed by atoms with Crippen molar-refractivity contribution in [3.63, 3.8) is 0 Å². The summed E-state index contributed by atoms with van der Waals surface area (Å²) in [6.45, 7) is 3.09. The molecule has 0 unspecified atom stereocenters. The van der Waals surface area contributed by atoms with Crippen molar-refractivity contribution in [2.45, 2.75) is 18.7 Å². The van der Waals surface area contributed by atoms with Gasteiger partial charge < -0.3 is 5.11 Å². The van der Waals surface area contributed by atoms with Crippen molar-refractivity contribution >= 4 is 15.7 Å². The lowest BCUT2D eigenvalue weighted by Gasteiger charge is -2.13. The van der Waals surface area contributed by atoms with E-state index in [1.165, 1.54) is 36.4 Å². The molecule has 6 heteroatoms. The maximum atomic E-state index is 13.2. The third-order valence-electron chi connectivity index (χ3n) is 2.81. The van der Waals surface area contributed by atoms with Crippen LogP contribution in [0.3, 0.4) is 0 Å². The normalized spacial score (nSPS) is 11.3. The van der Waals surface area contributed by atoms with E-state index in [9.17, 15) is 17.9 Å². The fourth-order valence-electron chi connectivity index (χ4n) is 2.06. The van der Waals surface area contributed by atoms with Crippen molar-refractivity contribution in [2.75, 3.05) is 4.72 Å². The van der Waals surface area contributed by atoms with E-state index < -0.39 is 15.8 Å². The van der Waals surface area contributed by atoms with Crippen molar-refractivity contribution in [2.24, 2.45) is 0 Å². The zero-order chi connectivity index (χ0) is 14.9. The van der Waals surface area contributed by atoms with Gasteiger partial charge in [0.25, 0.3) is 10.0 Å². The van der Waals surface area contributed by atoms with Crippen molar-refractivity contribution in [1.29, 1.82) is 0 Å². The minimum atomic E-state index is -3.80. The Morgan fingerprint density at radius 1 is 1.05 bits per heavy atom. The smallest absolute Gasteiger partial charge is 0.262 e. The Kier molecular flexibility index (Phi) is 3.67. The molecule has 2 rings (SSSR count). The lowest BCUT2D eigenvalue weighted by molar-refractivity contribution is 0.475. The second-order valence-electron chi connectivity index (χ2n) is 4.52. The molecule has 0 atom stereocenters. The quantitative estimate of drug-likeness (QED) is 0.856. The number of aryl methyl sites for hydroxylation is 2. The fraction of sp³-hybridized carbons (Fsp3) is 0.143. The van der Waals surface area contributed by atoms with Gasteiger partial charge in [-0.1, -0.05) is 0 Å². The Hall–Kier alpha value is -2.08. The van der Waals surface area contributed by atoms with Crippen LogP contribution in [0, 0.1) is 19.7 Å². The second kappa shape index (κ2) is 5.13. The minimum Gasteiger partial charge on any atom is -0.508 e. The van der Waals surface area contributed by atoms with E-state index in [0.29, 0.717) is 16.8 Å². The lowest BCUT2D eigenvalue weighted by Crippen LogP contribution is -2.15. The van der Waals surface area contributed by atoms with Gasteiger partial charge in [0.15, 0.2) is 0 Å². The van der Waals surface area contributed by atoms with E-state index >= 15 is 0 Å². The predicted molar refractivity (Wildman–Crippen MR) is 74.8 cm³/mol. The first kappa shape index (κ1) is 14.3. The summed E-state index contributed by atoms with van der Waals surface area (Å²) in [6.07, 6.45) is 0. The molecule has 0 aliphatic carbocycles. The molecule has 0 saturated carbocycles. The van der Waals surface area contributed by atoms with Gasteiger partial charge in [-0.05, 0) is 61.4 Å². The molecule has 0 amide bonds. The van der Waals surface area contributed by atoms with Gasteiger partial charge in [0, 0.05) is 5.69 Å². The second-order valence-corrected chi connectivity index (χ2v) is 6.14. The van der Waals surface area contributed by atoms with E-state index in [2.05, 4.69) is 4.72 Å². The number of hydrogen-bond acceptors (Lipinski definition) is 3. The van der Waals surface area contributed by atoms with Gasteiger partial charge in [-0.2, -0.15) is 0 Å². The molecular weight excluding hydrogens is 281 g/mol. The van der Waals surface area contributed by atoms with Gasteiger partial charge in [-0.3, -0.25) is 4.72 Å². The number of benzene rings is 2. The van der Waals surface area contributed by atoms with Crippen LogP contribution in [-0.2, 0) is 10.0 Å². The van der Waals surface area contributed by atoms with E-state index in [1.54, 1.807) is 13.8 Å². The molecule has 20 heavy (non-hydrogen) atoms. The minimum absolute atomic E-state index is 0.0436. The molecule has 0 saturated heterocycles. The third-order valence-corrected chi connectivity index (χ3v) is 4.50. The molecule has 2 N–H and O–H groups in total. The summed E-state index contributed by atoms with van der Waals surface area (Å²) < 4.78 is 40.3. The first-order valence-electron chi connectivity index (χ1n) is 5.88. The number of halogens is 1. The Bertz CT molecular complexity index is 717. The average Bonchev–Trinajstić information content (AvgIpc) is 2.30. The lowest BCUT2D eigenvalue weighted by atomic mass is 10.1. The summed E-state index contributed by atoms with van der Waals surface area (Å²) in [5, 5.41) is 9.17. The summed E-state index contributed by atoms with van der Waals surface area (Å²) >= 11 is 0. The molecule has 0 aliphatic heterocycles.